The molecule has 0 spiro atoms. The van der Waals surface area contributed by atoms with Crippen LogP contribution in [0.15, 0.2) is 94.9 Å². The van der Waals surface area contributed by atoms with Gasteiger partial charge in [-0.3, -0.25) is 0 Å². The van der Waals surface area contributed by atoms with E-state index in [9.17, 15) is 0 Å². The van der Waals surface area contributed by atoms with Crippen LogP contribution in [0.4, 0.5) is 0 Å². The molecule has 0 nitrogen and oxygen atoms in total. The second-order valence-corrected chi connectivity index (χ2v) is 6.05. The van der Waals surface area contributed by atoms with Crippen molar-refractivity contribution in [1.82, 2.24) is 0 Å². The fourth-order valence-corrected chi connectivity index (χ4v) is 2.64. The third-order valence-corrected chi connectivity index (χ3v) is 4.03. The third kappa shape index (κ3) is 6.76. The van der Waals surface area contributed by atoms with Gasteiger partial charge >= 0.3 is 133 Å². The zero-order chi connectivity index (χ0) is 14.6. The summed E-state index contributed by atoms with van der Waals surface area (Å²) in [5.41, 5.74) is 2.46. The van der Waals surface area contributed by atoms with Crippen LogP contribution >= 0.6 is 0 Å². The van der Waals surface area contributed by atoms with Gasteiger partial charge in [-0.25, -0.2) is 0 Å². The fourth-order valence-electron chi connectivity index (χ4n) is 1.69. The molecule has 2 aromatic carbocycles. The van der Waals surface area contributed by atoms with Crippen molar-refractivity contribution in [2.75, 3.05) is 0 Å². The van der Waals surface area contributed by atoms with Gasteiger partial charge in [-0.05, 0) is 0 Å². The van der Waals surface area contributed by atoms with Crippen LogP contribution in [0.25, 0.3) is 12.2 Å². The summed E-state index contributed by atoms with van der Waals surface area (Å²) in [5, 5.41) is 0. The van der Waals surface area contributed by atoms with Crippen LogP contribution in [-0.2, 0) is 0 Å². The van der Waals surface area contributed by atoms with E-state index in [1.54, 1.807) is 0 Å². The van der Waals surface area contributed by atoms with E-state index in [2.05, 4.69) is 94.9 Å². The quantitative estimate of drug-likeness (QED) is 0.505. The zero-order valence-electron chi connectivity index (χ0n) is 11.8. The molecule has 0 radical (unpaired) electrons. The Hall–Kier alpha value is -2.08. The summed E-state index contributed by atoms with van der Waals surface area (Å²) in [6, 6.07) is 20.7. The van der Waals surface area contributed by atoms with Crippen molar-refractivity contribution in [1.29, 1.82) is 0 Å². The van der Waals surface area contributed by atoms with Crippen LogP contribution in [0.5, 0.6) is 0 Å². The minimum atomic E-state index is 0.405. The molecule has 0 saturated heterocycles. The summed E-state index contributed by atoms with van der Waals surface area (Å²) in [5.74, 6) is 0. The molecule has 0 atom stereocenters. The molecular weight excluding hydrogens is 319 g/mol. The molecule has 0 amide bonds. The summed E-state index contributed by atoms with van der Waals surface area (Å²) < 4.78 is 0. The van der Waals surface area contributed by atoms with Gasteiger partial charge in [0, 0.05) is 0 Å². The molecule has 21 heavy (non-hydrogen) atoms. The van der Waals surface area contributed by atoms with Gasteiger partial charge in [0.25, 0.3) is 0 Å². The zero-order valence-corrected chi connectivity index (χ0v) is 13.5. The predicted octanol–water partition coefficient (Wildman–Crippen LogP) is 5.14. The van der Waals surface area contributed by atoms with E-state index in [0.717, 1.165) is 0 Å². The van der Waals surface area contributed by atoms with E-state index in [4.69, 9.17) is 0 Å². The van der Waals surface area contributed by atoms with E-state index in [1.165, 1.54) is 11.1 Å². The second kappa shape index (κ2) is 9.77. The standard InChI is InChI=1S/C20H18Se/c1-3-11-19(12-4-1)15-7-9-17-21-18-10-8-16-20-13-5-2-6-14-20/h1-18H/b15-7+,16-8+,17-9+,18-10+. The summed E-state index contributed by atoms with van der Waals surface area (Å²) in [6.07, 6.45) is 12.6. The van der Waals surface area contributed by atoms with E-state index < -0.39 is 0 Å². The van der Waals surface area contributed by atoms with Crippen LogP contribution in [0.3, 0.4) is 0 Å². The minimum absolute atomic E-state index is 0.405. The Balaban J connectivity index is 1.69. The maximum atomic E-state index is 2.21. The Morgan fingerprint density at radius 2 is 0.952 bits per heavy atom. The molecule has 0 aliphatic rings. The number of benzene rings is 2. The second-order valence-electron chi connectivity index (χ2n) is 4.33. The molecule has 0 heterocycles. The molecule has 2 aromatic rings. The van der Waals surface area contributed by atoms with Gasteiger partial charge in [-0.2, -0.15) is 0 Å². The number of hydrogen-bond acceptors (Lipinski definition) is 0. The molecule has 0 saturated carbocycles. The van der Waals surface area contributed by atoms with Crippen LogP contribution in [0, 0.1) is 0 Å². The fraction of sp³-hybridized carbons (Fsp3) is 0. The first-order valence-electron chi connectivity index (χ1n) is 6.87. The van der Waals surface area contributed by atoms with Crippen molar-refractivity contribution < 1.29 is 0 Å². The van der Waals surface area contributed by atoms with Gasteiger partial charge in [0.05, 0.1) is 0 Å². The summed E-state index contributed by atoms with van der Waals surface area (Å²) in [7, 11) is 0. The van der Waals surface area contributed by atoms with Crippen molar-refractivity contribution >= 4 is 27.1 Å². The molecule has 104 valence electrons. The van der Waals surface area contributed by atoms with Gasteiger partial charge in [-0.15, -0.1) is 0 Å². The van der Waals surface area contributed by atoms with Crippen LogP contribution < -0.4 is 0 Å². The molecule has 0 unspecified atom stereocenters. The maximum absolute atomic E-state index is 2.21. The molecule has 0 fully saturated rings. The van der Waals surface area contributed by atoms with Crippen molar-refractivity contribution in [3.05, 3.63) is 106 Å². The Bertz CT molecular complexity index is 562. The van der Waals surface area contributed by atoms with E-state index >= 15 is 0 Å². The molecule has 0 bridgehead atoms. The van der Waals surface area contributed by atoms with Crippen molar-refractivity contribution in [2.45, 2.75) is 0 Å². The average Bonchev–Trinajstić information content (AvgIpc) is 2.55. The van der Waals surface area contributed by atoms with Crippen LogP contribution in [0.2, 0.25) is 0 Å². The molecule has 1 heteroatoms. The van der Waals surface area contributed by atoms with Crippen molar-refractivity contribution in [2.24, 2.45) is 0 Å². The monoisotopic (exact) mass is 338 g/mol. The first kappa shape index (κ1) is 15.3. The third-order valence-electron chi connectivity index (χ3n) is 2.71. The van der Waals surface area contributed by atoms with Crippen molar-refractivity contribution in [3.63, 3.8) is 0 Å². The summed E-state index contributed by atoms with van der Waals surface area (Å²) in [6.45, 7) is 0. The van der Waals surface area contributed by atoms with Crippen LogP contribution in [-0.4, -0.2) is 15.0 Å². The number of allylic oxidation sites excluding steroid dienone is 4. The first-order chi connectivity index (χ1) is 10.4. The van der Waals surface area contributed by atoms with Crippen LogP contribution in [0.1, 0.15) is 11.1 Å². The molecule has 0 aliphatic carbocycles. The van der Waals surface area contributed by atoms with Gasteiger partial charge in [0.2, 0.25) is 0 Å². The Kier molecular flexibility index (Phi) is 7.12. The molecule has 0 aliphatic heterocycles. The Morgan fingerprint density at radius 1 is 0.524 bits per heavy atom. The Labute approximate surface area is 133 Å². The van der Waals surface area contributed by atoms with Gasteiger partial charge < -0.3 is 0 Å². The summed E-state index contributed by atoms with van der Waals surface area (Å²) >= 11 is 0.405. The first-order valence-corrected chi connectivity index (χ1v) is 8.85. The average molecular weight is 337 g/mol. The predicted molar refractivity (Wildman–Crippen MR) is 95.0 cm³/mol. The van der Waals surface area contributed by atoms with Gasteiger partial charge in [0.1, 0.15) is 0 Å². The molecular formula is C20H18Se. The molecule has 0 N–H and O–H groups in total. The Morgan fingerprint density at radius 3 is 1.38 bits per heavy atom. The number of hydrogen-bond donors (Lipinski definition) is 0. The van der Waals surface area contributed by atoms with E-state index in [1.807, 2.05) is 12.1 Å². The van der Waals surface area contributed by atoms with Crippen molar-refractivity contribution in [3.8, 4) is 0 Å². The van der Waals surface area contributed by atoms with Gasteiger partial charge in [-0.1, -0.05) is 0 Å². The number of rotatable bonds is 6. The van der Waals surface area contributed by atoms with Gasteiger partial charge in [0.15, 0.2) is 0 Å². The SMILES string of the molecule is C(/C=C/c1ccccc1)=C\[Se]/C=C/C=C/c1ccccc1. The molecule has 2 rings (SSSR count). The van der Waals surface area contributed by atoms with E-state index in [0.29, 0.717) is 15.0 Å². The normalized spacial score (nSPS) is 12.2. The van der Waals surface area contributed by atoms with E-state index in [-0.39, 0.29) is 0 Å². The summed E-state index contributed by atoms with van der Waals surface area (Å²) in [4.78, 5) is 4.42. The topological polar surface area (TPSA) is 0 Å². The molecule has 0 aromatic heterocycles.